The molecule has 2 nitrogen and oxygen atoms in total. The molecule has 2 rings (SSSR count). The second-order valence-corrected chi connectivity index (χ2v) is 4.18. The third-order valence-corrected chi connectivity index (χ3v) is 2.92. The van der Waals surface area contributed by atoms with E-state index in [2.05, 4.69) is 0 Å². The number of esters is 1. The van der Waals surface area contributed by atoms with Crippen LogP contribution in [0.4, 0.5) is 8.78 Å². The van der Waals surface area contributed by atoms with Crippen LogP contribution in [0, 0.1) is 25.5 Å². The van der Waals surface area contributed by atoms with E-state index in [9.17, 15) is 13.6 Å². The van der Waals surface area contributed by atoms with Gasteiger partial charge in [-0.15, -0.1) is 0 Å². The maximum atomic E-state index is 13.4. The fraction of sp³-hybridized carbons (Fsp3) is 0.133. The Morgan fingerprint density at radius 1 is 1.00 bits per heavy atom. The number of carbonyl (C=O) groups excluding carboxylic acids is 1. The first-order chi connectivity index (χ1) is 9.00. The second-order valence-electron chi connectivity index (χ2n) is 4.18. The molecule has 0 aliphatic rings. The summed E-state index contributed by atoms with van der Waals surface area (Å²) < 4.78 is 31.9. The smallest absolute Gasteiger partial charge is 0.349 e. The Morgan fingerprint density at radius 3 is 2.21 bits per heavy atom. The molecule has 0 saturated heterocycles. The summed E-state index contributed by atoms with van der Waals surface area (Å²) in [7, 11) is 0. The Bertz CT molecular complexity index is 616. The largest absolute Gasteiger partial charge is 0.422 e. The summed E-state index contributed by atoms with van der Waals surface area (Å²) in [5.74, 6) is -2.61. The quantitative estimate of drug-likeness (QED) is 0.607. The van der Waals surface area contributed by atoms with Crippen molar-refractivity contribution in [2.45, 2.75) is 13.8 Å². The molecular formula is C15H12F2O2. The van der Waals surface area contributed by atoms with Gasteiger partial charge in [0.2, 0.25) is 0 Å². The molecule has 0 aliphatic heterocycles. The SMILES string of the molecule is Cc1cccc(OC(=O)c2c(F)cccc2F)c1C. The highest BCUT2D eigenvalue weighted by Crippen LogP contribution is 2.23. The van der Waals surface area contributed by atoms with Gasteiger partial charge in [-0.2, -0.15) is 0 Å². The zero-order valence-corrected chi connectivity index (χ0v) is 10.5. The van der Waals surface area contributed by atoms with Crippen LogP contribution in [0.5, 0.6) is 5.75 Å². The molecule has 0 saturated carbocycles. The molecule has 0 N–H and O–H groups in total. The summed E-state index contributed by atoms with van der Waals surface area (Å²) in [6.45, 7) is 3.63. The average molecular weight is 262 g/mol. The lowest BCUT2D eigenvalue weighted by Gasteiger charge is -2.10. The monoisotopic (exact) mass is 262 g/mol. The molecule has 0 heterocycles. The van der Waals surface area contributed by atoms with Crippen molar-refractivity contribution < 1.29 is 18.3 Å². The molecule has 0 spiro atoms. The Kier molecular flexibility index (Phi) is 3.60. The molecular weight excluding hydrogens is 250 g/mol. The van der Waals surface area contributed by atoms with Crippen LogP contribution in [0.1, 0.15) is 21.5 Å². The van der Waals surface area contributed by atoms with Gasteiger partial charge >= 0.3 is 5.97 Å². The third-order valence-electron chi connectivity index (χ3n) is 2.92. The minimum Gasteiger partial charge on any atom is -0.422 e. The van der Waals surface area contributed by atoms with Gasteiger partial charge in [0.15, 0.2) is 0 Å². The van der Waals surface area contributed by atoms with Crippen LogP contribution in [0.3, 0.4) is 0 Å². The average Bonchev–Trinajstić information content (AvgIpc) is 2.35. The van der Waals surface area contributed by atoms with Gasteiger partial charge in [0.25, 0.3) is 0 Å². The first-order valence-corrected chi connectivity index (χ1v) is 5.73. The second kappa shape index (κ2) is 5.18. The van der Waals surface area contributed by atoms with Crippen molar-refractivity contribution in [2.75, 3.05) is 0 Å². The Hall–Kier alpha value is -2.23. The Balaban J connectivity index is 2.34. The summed E-state index contributed by atoms with van der Waals surface area (Å²) in [5.41, 5.74) is 1.01. The molecule has 0 fully saturated rings. The molecule has 0 atom stereocenters. The minimum atomic E-state index is -1.04. The first-order valence-electron chi connectivity index (χ1n) is 5.73. The number of aryl methyl sites for hydroxylation is 1. The number of rotatable bonds is 2. The Morgan fingerprint density at radius 2 is 1.58 bits per heavy atom. The van der Waals surface area contributed by atoms with Crippen molar-refractivity contribution in [2.24, 2.45) is 0 Å². The highest BCUT2D eigenvalue weighted by molar-refractivity contribution is 5.91. The number of benzene rings is 2. The molecule has 0 bridgehead atoms. The number of hydrogen-bond donors (Lipinski definition) is 0. The molecule has 0 aliphatic carbocycles. The highest BCUT2D eigenvalue weighted by Gasteiger charge is 2.19. The number of carbonyl (C=O) groups is 1. The minimum absolute atomic E-state index is 0.299. The van der Waals surface area contributed by atoms with Gasteiger partial charge in [-0.1, -0.05) is 18.2 Å². The maximum Gasteiger partial charge on any atom is 0.349 e. The highest BCUT2D eigenvalue weighted by atomic mass is 19.1. The lowest BCUT2D eigenvalue weighted by atomic mass is 10.1. The first kappa shape index (κ1) is 13.2. The van der Waals surface area contributed by atoms with Crippen LogP contribution >= 0.6 is 0 Å². The van der Waals surface area contributed by atoms with Crippen LogP contribution < -0.4 is 4.74 Å². The van der Waals surface area contributed by atoms with Crippen LogP contribution in [-0.4, -0.2) is 5.97 Å². The molecule has 0 aromatic heterocycles. The topological polar surface area (TPSA) is 26.3 Å². The standard InChI is InChI=1S/C15H12F2O2/c1-9-5-3-8-13(10(9)2)19-15(18)14-11(16)6-4-7-12(14)17/h3-8H,1-2H3. The summed E-state index contributed by atoms with van der Waals surface area (Å²) in [6.07, 6.45) is 0. The summed E-state index contributed by atoms with van der Waals surface area (Å²) in [6, 6.07) is 8.38. The van der Waals surface area contributed by atoms with Crippen molar-refractivity contribution in [3.63, 3.8) is 0 Å². The van der Waals surface area contributed by atoms with Crippen molar-refractivity contribution in [1.29, 1.82) is 0 Å². The van der Waals surface area contributed by atoms with Crippen LogP contribution in [-0.2, 0) is 0 Å². The number of hydrogen-bond acceptors (Lipinski definition) is 2. The van der Waals surface area contributed by atoms with Crippen molar-refractivity contribution >= 4 is 5.97 Å². The van der Waals surface area contributed by atoms with Crippen LogP contribution in [0.2, 0.25) is 0 Å². The third kappa shape index (κ3) is 2.62. The van der Waals surface area contributed by atoms with Gasteiger partial charge in [0.1, 0.15) is 22.9 Å². The van der Waals surface area contributed by atoms with E-state index in [-0.39, 0.29) is 0 Å². The normalized spacial score (nSPS) is 10.3. The summed E-state index contributed by atoms with van der Waals surface area (Å²) in [4.78, 5) is 11.8. The van der Waals surface area contributed by atoms with Crippen LogP contribution in [0.15, 0.2) is 36.4 Å². The molecule has 19 heavy (non-hydrogen) atoms. The zero-order chi connectivity index (χ0) is 14.0. The van der Waals surface area contributed by atoms with E-state index >= 15 is 0 Å². The van der Waals surface area contributed by atoms with E-state index in [1.165, 1.54) is 6.07 Å². The lowest BCUT2D eigenvalue weighted by molar-refractivity contribution is 0.0723. The number of ether oxygens (including phenoxy) is 1. The fourth-order valence-electron chi connectivity index (χ4n) is 1.68. The van der Waals surface area contributed by atoms with E-state index in [0.29, 0.717) is 5.75 Å². The fourth-order valence-corrected chi connectivity index (χ4v) is 1.68. The molecule has 98 valence electrons. The van der Waals surface area contributed by atoms with E-state index in [1.54, 1.807) is 19.1 Å². The van der Waals surface area contributed by atoms with Gasteiger partial charge in [-0.3, -0.25) is 0 Å². The maximum absolute atomic E-state index is 13.4. The van der Waals surface area contributed by atoms with E-state index in [1.807, 2.05) is 13.0 Å². The molecule has 2 aromatic rings. The number of halogens is 2. The van der Waals surface area contributed by atoms with Gasteiger partial charge in [0, 0.05) is 0 Å². The zero-order valence-electron chi connectivity index (χ0n) is 10.5. The van der Waals surface area contributed by atoms with Crippen molar-refractivity contribution in [3.8, 4) is 5.75 Å². The van der Waals surface area contributed by atoms with Crippen molar-refractivity contribution in [1.82, 2.24) is 0 Å². The van der Waals surface area contributed by atoms with E-state index < -0.39 is 23.2 Å². The van der Waals surface area contributed by atoms with Crippen LogP contribution in [0.25, 0.3) is 0 Å². The predicted molar refractivity (Wildman–Crippen MR) is 67.2 cm³/mol. The predicted octanol–water partition coefficient (Wildman–Crippen LogP) is 3.80. The molecule has 0 amide bonds. The summed E-state index contributed by atoms with van der Waals surface area (Å²) >= 11 is 0. The van der Waals surface area contributed by atoms with E-state index in [4.69, 9.17) is 4.74 Å². The van der Waals surface area contributed by atoms with Gasteiger partial charge in [0.05, 0.1) is 0 Å². The molecule has 4 heteroatoms. The Labute approximate surface area is 109 Å². The molecule has 2 aromatic carbocycles. The van der Waals surface area contributed by atoms with Gasteiger partial charge in [-0.05, 0) is 43.2 Å². The van der Waals surface area contributed by atoms with Crippen molar-refractivity contribution in [3.05, 3.63) is 64.7 Å². The molecule has 0 unspecified atom stereocenters. The lowest BCUT2D eigenvalue weighted by Crippen LogP contribution is -2.13. The van der Waals surface area contributed by atoms with Gasteiger partial charge in [-0.25, -0.2) is 13.6 Å². The van der Waals surface area contributed by atoms with Gasteiger partial charge < -0.3 is 4.74 Å². The van der Waals surface area contributed by atoms with E-state index in [0.717, 1.165) is 23.3 Å². The molecule has 0 radical (unpaired) electrons. The summed E-state index contributed by atoms with van der Waals surface area (Å²) in [5, 5.41) is 0.